The molecule has 2 heterocycles. The number of sulfonamides is 1. The second-order valence-electron chi connectivity index (χ2n) is 5.09. The number of fused-ring (bicyclic) bond motifs is 1. The van der Waals surface area contributed by atoms with Gasteiger partial charge in [0.1, 0.15) is 0 Å². The van der Waals surface area contributed by atoms with Gasteiger partial charge in [0.25, 0.3) is 0 Å². The van der Waals surface area contributed by atoms with Gasteiger partial charge in [-0.3, -0.25) is 0 Å². The van der Waals surface area contributed by atoms with Crippen molar-refractivity contribution in [2.75, 3.05) is 33.5 Å². The normalized spacial score (nSPS) is 22.4. The number of hydrogen-bond acceptors (Lipinski definition) is 5. The van der Waals surface area contributed by atoms with E-state index in [0.29, 0.717) is 30.5 Å². The Kier molecular flexibility index (Phi) is 3.57. The molecule has 3 rings (SSSR count). The Labute approximate surface area is 118 Å². The summed E-state index contributed by atoms with van der Waals surface area (Å²) in [5.74, 6) is 1.47. The summed E-state index contributed by atoms with van der Waals surface area (Å²) in [6.07, 6.45) is 0.893. The summed E-state index contributed by atoms with van der Waals surface area (Å²) in [4.78, 5) is 0.270. The molecule has 1 saturated heterocycles. The van der Waals surface area contributed by atoms with Crippen LogP contribution in [0.3, 0.4) is 0 Å². The second-order valence-corrected chi connectivity index (χ2v) is 7.03. The average Bonchev–Trinajstić information content (AvgIpc) is 3.06. The van der Waals surface area contributed by atoms with E-state index in [2.05, 4.69) is 5.32 Å². The molecule has 0 saturated carbocycles. The molecule has 1 atom stereocenters. The summed E-state index contributed by atoms with van der Waals surface area (Å²) in [7, 11) is -1.56. The first-order valence-corrected chi connectivity index (χ1v) is 8.09. The van der Waals surface area contributed by atoms with Gasteiger partial charge in [0, 0.05) is 19.2 Å². The number of nitrogens with one attached hydrogen (secondary N) is 1. The number of hydrogen-bond donors (Lipinski definition) is 1. The molecule has 0 bridgehead atoms. The van der Waals surface area contributed by atoms with E-state index in [1.807, 2.05) is 7.05 Å². The molecule has 7 heteroatoms. The highest BCUT2D eigenvalue weighted by molar-refractivity contribution is 7.89. The van der Waals surface area contributed by atoms with Crippen LogP contribution in [0, 0.1) is 5.92 Å². The zero-order chi connectivity index (χ0) is 14.2. The Morgan fingerprint density at radius 1 is 1.35 bits per heavy atom. The van der Waals surface area contributed by atoms with Crippen molar-refractivity contribution in [3.63, 3.8) is 0 Å². The van der Waals surface area contributed by atoms with Crippen LogP contribution in [0.5, 0.6) is 11.5 Å². The Balaban J connectivity index is 1.82. The lowest BCUT2D eigenvalue weighted by Gasteiger charge is -2.16. The van der Waals surface area contributed by atoms with Crippen molar-refractivity contribution in [3.8, 4) is 11.5 Å². The van der Waals surface area contributed by atoms with Crippen molar-refractivity contribution < 1.29 is 17.9 Å². The van der Waals surface area contributed by atoms with Crippen molar-refractivity contribution >= 4 is 10.0 Å². The van der Waals surface area contributed by atoms with E-state index in [1.54, 1.807) is 22.5 Å². The molecule has 1 unspecified atom stereocenters. The van der Waals surface area contributed by atoms with Gasteiger partial charge in [-0.2, -0.15) is 4.31 Å². The summed E-state index contributed by atoms with van der Waals surface area (Å²) in [6.45, 7) is 2.13. The minimum Gasteiger partial charge on any atom is -0.454 e. The average molecular weight is 298 g/mol. The fourth-order valence-corrected chi connectivity index (χ4v) is 4.20. The van der Waals surface area contributed by atoms with Crippen molar-refractivity contribution in [2.45, 2.75) is 11.3 Å². The maximum absolute atomic E-state index is 12.6. The van der Waals surface area contributed by atoms with E-state index in [0.717, 1.165) is 13.0 Å². The van der Waals surface area contributed by atoms with Crippen LogP contribution in [0.25, 0.3) is 0 Å². The molecule has 110 valence electrons. The fourth-order valence-electron chi connectivity index (χ4n) is 2.66. The largest absolute Gasteiger partial charge is 0.454 e. The number of ether oxygens (including phenoxy) is 2. The van der Waals surface area contributed by atoms with Crippen LogP contribution in [0.4, 0.5) is 0 Å². The SMILES string of the molecule is CNCC1CCN(S(=O)(=O)c2ccc3c(c2)OCO3)C1. The van der Waals surface area contributed by atoms with Gasteiger partial charge in [0.2, 0.25) is 16.8 Å². The van der Waals surface area contributed by atoms with Crippen LogP contribution in [0.15, 0.2) is 23.1 Å². The van der Waals surface area contributed by atoms with Crippen molar-refractivity contribution in [3.05, 3.63) is 18.2 Å². The minimum atomic E-state index is -3.44. The van der Waals surface area contributed by atoms with E-state index in [-0.39, 0.29) is 11.7 Å². The molecule has 0 aliphatic carbocycles. The van der Waals surface area contributed by atoms with Crippen LogP contribution in [-0.4, -0.2) is 46.2 Å². The van der Waals surface area contributed by atoms with E-state index >= 15 is 0 Å². The van der Waals surface area contributed by atoms with Crippen LogP contribution >= 0.6 is 0 Å². The second kappa shape index (κ2) is 5.23. The molecular formula is C13H18N2O4S. The Morgan fingerprint density at radius 2 is 2.15 bits per heavy atom. The molecule has 0 spiro atoms. The summed E-state index contributed by atoms with van der Waals surface area (Å²) in [5, 5.41) is 3.10. The van der Waals surface area contributed by atoms with E-state index in [4.69, 9.17) is 9.47 Å². The lowest BCUT2D eigenvalue weighted by Crippen LogP contribution is -2.30. The van der Waals surface area contributed by atoms with Crippen molar-refractivity contribution in [2.24, 2.45) is 5.92 Å². The molecule has 20 heavy (non-hydrogen) atoms. The highest BCUT2D eigenvalue weighted by Crippen LogP contribution is 2.35. The molecule has 1 aromatic carbocycles. The van der Waals surface area contributed by atoms with Gasteiger partial charge < -0.3 is 14.8 Å². The first-order valence-electron chi connectivity index (χ1n) is 6.65. The molecular weight excluding hydrogens is 280 g/mol. The van der Waals surface area contributed by atoms with Crippen LogP contribution < -0.4 is 14.8 Å². The summed E-state index contributed by atoms with van der Waals surface area (Å²) < 4.78 is 37.2. The first-order chi connectivity index (χ1) is 9.61. The van der Waals surface area contributed by atoms with Crippen LogP contribution in [-0.2, 0) is 10.0 Å². The summed E-state index contributed by atoms with van der Waals surface area (Å²) in [6, 6.07) is 4.77. The first kappa shape index (κ1) is 13.7. The number of nitrogens with zero attached hydrogens (tertiary/aromatic N) is 1. The predicted octanol–water partition coefficient (Wildman–Crippen LogP) is 0.645. The minimum absolute atomic E-state index is 0.146. The summed E-state index contributed by atoms with van der Waals surface area (Å²) in [5.41, 5.74) is 0. The van der Waals surface area contributed by atoms with Gasteiger partial charge in [-0.05, 0) is 38.1 Å². The highest BCUT2D eigenvalue weighted by Gasteiger charge is 2.33. The molecule has 1 N–H and O–H groups in total. The Morgan fingerprint density at radius 3 is 2.95 bits per heavy atom. The third-order valence-electron chi connectivity index (χ3n) is 3.72. The van der Waals surface area contributed by atoms with Gasteiger partial charge >= 0.3 is 0 Å². The molecule has 2 aliphatic rings. The Bertz CT molecular complexity index is 602. The molecule has 0 amide bonds. The standard InChI is InChI=1S/C13H18N2O4S/c1-14-7-10-4-5-15(8-10)20(16,17)11-2-3-12-13(6-11)19-9-18-12/h2-3,6,10,14H,4-5,7-9H2,1H3. The third-order valence-corrected chi connectivity index (χ3v) is 5.58. The fraction of sp³-hybridized carbons (Fsp3) is 0.538. The number of benzene rings is 1. The van der Waals surface area contributed by atoms with Gasteiger partial charge in [-0.15, -0.1) is 0 Å². The van der Waals surface area contributed by atoms with Crippen molar-refractivity contribution in [1.29, 1.82) is 0 Å². The van der Waals surface area contributed by atoms with E-state index in [9.17, 15) is 8.42 Å². The van der Waals surface area contributed by atoms with Crippen LogP contribution in [0.2, 0.25) is 0 Å². The van der Waals surface area contributed by atoms with Gasteiger partial charge in [0.15, 0.2) is 11.5 Å². The molecule has 6 nitrogen and oxygen atoms in total. The van der Waals surface area contributed by atoms with Crippen molar-refractivity contribution in [1.82, 2.24) is 9.62 Å². The van der Waals surface area contributed by atoms with E-state index in [1.165, 1.54) is 0 Å². The molecule has 1 fully saturated rings. The van der Waals surface area contributed by atoms with E-state index < -0.39 is 10.0 Å². The monoisotopic (exact) mass is 298 g/mol. The lowest BCUT2D eigenvalue weighted by molar-refractivity contribution is 0.174. The number of rotatable bonds is 4. The van der Waals surface area contributed by atoms with Gasteiger partial charge in [-0.25, -0.2) is 8.42 Å². The molecule has 2 aliphatic heterocycles. The zero-order valence-corrected chi connectivity index (χ0v) is 12.1. The topological polar surface area (TPSA) is 67.9 Å². The Hall–Kier alpha value is -1.31. The molecule has 1 aromatic rings. The van der Waals surface area contributed by atoms with Gasteiger partial charge in [-0.1, -0.05) is 0 Å². The van der Waals surface area contributed by atoms with Gasteiger partial charge in [0.05, 0.1) is 4.90 Å². The zero-order valence-electron chi connectivity index (χ0n) is 11.3. The third kappa shape index (κ3) is 2.36. The highest BCUT2D eigenvalue weighted by atomic mass is 32.2. The lowest BCUT2D eigenvalue weighted by atomic mass is 10.1. The van der Waals surface area contributed by atoms with Crippen LogP contribution in [0.1, 0.15) is 6.42 Å². The quantitative estimate of drug-likeness (QED) is 0.884. The predicted molar refractivity (Wildman–Crippen MR) is 73.4 cm³/mol. The molecule has 0 aromatic heterocycles. The maximum atomic E-state index is 12.6. The summed E-state index contributed by atoms with van der Waals surface area (Å²) >= 11 is 0. The smallest absolute Gasteiger partial charge is 0.243 e. The molecule has 0 radical (unpaired) electrons. The maximum Gasteiger partial charge on any atom is 0.243 e.